The minimum absolute atomic E-state index is 0.348. The molecule has 0 aliphatic carbocycles. The highest BCUT2D eigenvalue weighted by Crippen LogP contribution is 2.32. The van der Waals surface area contributed by atoms with Crippen LogP contribution in [0.3, 0.4) is 0 Å². The molecule has 2 aliphatic rings. The van der Waals surface area contributed by atoms with Gasteiger partial charge in [-0.1, -0.05) is 36.4 Å². The minimum atomic E-state index is 0.348. The van der Waals surface area contributed by atoms with Gasteiger partial charge in [-0.05, 0) is 108 Å². The molecule has 0 amide bonds. The van der Waals surface area contributed by atoms with Gasteiger partial charge in [0.1, 0.15) is 11.6 Å². The predicted molar refractivity (Wildman–Crippen MR) is 154 cm³/mol. The van der Waals surface area contributed by atoms with E-state index >= 15 is 0 Å². The molecular formula is C32H30N6. The molecule has 2 fully saturated rings. The Morgan fingerprint density at radius 3 is 1.42 bits per heavy atom. The number of hydrogen-bond donors (Lipinski definition) is 4. The number of nitrogens with one attached hydrogen (secondary N) is 4. The van der Waals surface area contributed by atoms with E-state index in [0.717, 1.165) is 59.6 Å². The zero-order valence-corrected chi connectivity index (χ0v) is 21.2. The van der Waals surface area contributed by atoms with E-state index in [9.17, 15) is 0 Å². The van der Waals surface area contributed by atoms with Gasteiger partial charge in [0.15, 0.2) is 0 Å². The summed E-state index contributed by atoms with van der Waals surface area (Å²) in [6.45, 7) is 2.14. The number of aromatic nitrogens is 4. The molecule has 0 spiro atoms. The highest BCUT2D eigenvalue weighted by atomic mass is 15.0. The molecular weight excluding hydrogens is 468 g/mol. The fraction of sp³-hybridized carbons (Fsp3) is 0.250. The fourth-order valence-electron chi connectivity index (χ4n) is 6.19. The van der Waals surface area contributed by atoms with E-state index in [0.29, 0.717) is 12.1 Å². The summed E-state index contributed by atoms with van der Waals surface area (Å²) in [5.74, 6) is 2.11. The first kappa shape index (κ1) is 22.0. The third-order valence-electron chi connectivity index (χ3n) is 8.29. The third kappa shape index (κ3) is 3.80. The molecule has 6 aromatic rings. The monoisotopic (exact) mass is 498 g/mol. The van der Waals surface area contributed by atoms with Crippen molar-refractivity contribution in [1.82, 2.24) is 30.6 Å². The Balaban J connectivity index is 1.10. The van der Waals surface area contributed by atoms with Gasteiger partial charge in [-0.2, -0.15) is 0 Å². The average molecular weight is 499 g/mol. The molecule has 6 heteroatoms. The van der Waals surface area contributed by atoms with E-state index in [4.69, 9.17) is 9.97 Å². The van der Waals surface area contributed by atoms with Crippen LogP contribution in [0.15, 0.2) is 72.8 Å². The number of H-pyrrole nitrogens is 2. The van der Waals surface area contributed by atoms with E-state index in [1.165, 1.54) is 45.9 Å². The SMILES string of the molecule is c1cc2cc(-c3ccc4nc(C5CCCN5)[nH]c4c3)ccc2cc1-c1ccc2nc(C3CCCN3)[nH]c2c1. The van der Waals surface area contributed by atoms with Gasteiger partial charge in [-0.3, -0.25) is 0 Å². The Kier molecular flexibility index (Phi) is 5.10. The Hall–Kier alpha value is -4.00. The summed E-state index contributed by atoms with van der Waals surface area (Å²) in [6, 6.07) is 27.3. The Bertz CT molecular complexity index is 1670. The van der Waals surface area contributed by atoms with Crippen LogP contribution < -0.4 is 10.6 Å². The van der Waals surface area contributed by atoms with E-state index in [2.05, 4.69) is 93.4 Å². The van der Waals surface area contributed by atoms with Crippen molar-refractivity contribution in [3.63, 3.8) is 0 Å². The molecule has 0 saturated carbocycles. The van der Waals surface area contributed by atoms with Crippen LogP contribution in [0.1, 0.15) is 49.4 Å². The van der Waals surface area contributed by atoms with E-state index < -0.39 is 0 Å². The van der Waals surface area contributed by atoms with Gasteiger partial charge in [-0.15, -0.1) is 0 Å². The summed E-state index contributed by atoms with van der Waals surface area (Å²) in [7, 11) is 0. The van der Waals surface area contributed by atoms with Crippen molar-refractivity contribution in [2.45, 2.75) is 37.8 Å². The van der Waals surface area contributed by atoms with Crippen molar-refractivity contribution in [3.8, 4) is 22.3 Å². The number of rotatable bonds is 4. The second kappa shape index (κ2) is 8.79. The van der Waals surface area contributed by atoms with Gasteiger partial charge >= 0.3 is 0 Å². The van der Waals surface area contributed by atoms with Crippen molar-refractivity contribution < 1.29 is 0 Å². The zero-order valence-electron chi connectivity index (χ0n) is 21.2. The normalized spacial score (nSPS) is 19.8. The average Bonchev–Trinajstić information content (AvgIpc) is 3.77. The lowest BCUT2D eigenvalue weighted by atomic mass is 9.97. The second-order valence-corrected chi connectivity index (χ2v) is 10.8. The molecule has 2 unspecified atom stereocenters. The van der Waals surface area contributed by atoms with Crippen LogP contribution in [0, 0.1) is 0 Å². The number of benzene rings is 4. The number of aromatic amines is 2. The molecule has 38 heavy (non-hydrogen) atoms. The Labute approximate surface area is 220 Å². The van der Waals surface area contributed by atoms with E-state index in [1.54, 1.807) is 0 Å². The largest absolute Gasteiger partial charge is 0.341 e. The molecule has 188 valence electrons. The van der Waals surface area contributed by atoms with Gasteiger partial charge in [0.2, 0.25) is 0 Å². The summed E-state index contributed by atoms with van der Waals surface area (Å²) in [6.07, 6.45) is 4.72. The summed E-state index contributed by atoms with van der Waals surface area (Å²) in [5.41, 5.74) is 9.10. The first-order valence-electron chi connectivity index (χ1n) is 13.8. The summed E-state index contributed by atoms with van der Waals surface area (Å²) in [4.78, 5) is 16.8. The molecule has 2 saturated heterocycles. The number of fused-ring (bicyclic) bond motifs is 3. The maximum Gasteiger partial charge on any atom is 0.124 e. The molecule has 0 radical (unpaired) electrons. The maximum atomic E-state index is 4.83. The van der Waals surface area contributed by atoms with Crippen LogP contribution in [0.5, 0.6) is 0 Å². The molecule has 6 nitrogen and oxygen atoms in total. The van der Waals surface area contributed by atoms with Crippen molar-refractivity contribution in [1.29, 1.82) is 0 Å². The number of hydrogen-bond acceptors (Lipinski definition) is 4. The standard InChI is InChI=1S/C32H30N6/c1-3-27(33-13-1)31-35-25-11-9-23(17-29(25)37-31)21-7-5-20-16-22(8-6-19(20)15-21)24-10-12-26-30(18-24)38-32(36-26)28-4-2-14-34-28/h5-12,15-18,27-28,33-34H,1-4,13-14H2,(H,35,37)(H,36,38). The van der Waals surface area contributed by atoms with Crippen LogP contribution in [0.4, 0.5) is 0 Å². The second-order valence-electron chi connectivity index (χ2n) is 10.8. The van der Waals surface area contributed by atoms with E-state index in [-0.39, 0.29) is 0 Å². The Morgan fingerprint density at radius 2 is 0.974 bits per heavy atom. The lowest BCUT2D eigenvalue weighted by Gasteiger charge is -2.07. The quantitative estimate of drug-likeness (QED) is 0.216. The van der Waals surface area contributed by atoms with Gasteiger partial charge in [0.05, 0.1) is 34.2 Å². The van der Waals surface area contributed by atoms with Crippen LogP contribution in [-0.4, -0.2) is 33.0 Å². The molecule has 2 aromatic heterocycles. The van der Waals surface area contributed by atoms with Crippen molar-refractivity contribution in [2.75, 3.05) is 13.1 Å². The van der Waals surface area contributed by atoms with Gasteiger partial charge in [0.25, 0.3) is 0 Å². The van der Waals surface area contributed by atoms with Crippen LogP contribution in [-0.2, 0) is 0 Å². The first-order chi connectivity index (χ1) is 18.8. The van der Waals surface area contributed by atoms with Crippen LogP contribution in [0.2, 0.25) is 0 Å². The molecule has 4 aromatic carbocycles. The molecule has 0 bridgehead atoms. The van der Waals surface area contributed by atoms with Gasteiger partial charge < -0.3 is 20.6 Å². The summed E-state index contributed by atoms with van der Waals surface area (Å²) in [5, 5.41) is 9.55. The maximum absolute atomic E-state index is 4.83. The van der Waals surface area contributed by atoms with Crippen LogP contribution >= 0.6 is 0 Å². The van der Waals surface area contributed by atoms with Crippen molar-refractivity contribution in [3.05, 3.63) is 84.4 Å². The smallest absolute Gasteiger partial charge is 0.124 e. The first-order valence-corrected chi connectivity index (χ1v) is 13.8. The fourth-order valence-corrected chi connectivity index (χ4v) is 6.19. The number of imidazole rings is 2. The molecule has 8 rings (SSSR count). The van der Waals surface area contributed by atoms with Gasteiger partial charge in [0, 0.05) is 0 Å². The molecule has 2 aliphatic heterocycles. The zero-order chi connectivity index (χ0) is 25.1. The highest BCUT2D eigenvalue weighted by molar-refractivity contribution is 5.93. The predicted octanol–water partition coefficient (Wildman–Crippen LogP) is 6.78. The molecule has 4 N–H and O–H groups in total. The summed E-state index contributed by atoms with van der Waals surface area (Å²) >= 11 is 0. The molecule has 2 atom stereocenters. The lowest BCUT2D eigenvalue weighted by Crippen LogP contribution is -2.13. The Morgan fingerprint density at radius 1 is 0.526 bits per heavy atom. The van der Waals surface area contributed by atoms with Gasteiger partial charge in [-0.25, -0.2) is 9.97 Å². The molecule has 4 heterocycles. The lowest BCUT2D eigenvalue weighted by molar-refractivity contribution is 0.614. The third-order valence-corrected chi connectivity index (χ3v) is 8.29. The minimum Gasteiger partial charge on any atom is -0.341 e. The van der Waals surface area contributed by atoms with E-state index in [1.807, 2.05) is 0 Å². The van der Waals surface area contributed by atoms with Crippen molar-refractivity contribution >= 4 is 32.8 Å². The highest BCUT2D eigenvalue weighted by Gasteiger charge is 2.20. The topological polar surface area (TPSA) is 81.4 Å². The van der Waals surface area contributed by atoms with Crippen LogP contribution in [0.25, 0.3) is 55.1 Å². The van der Waals surface area contributed by atoms with Crippen molar-refractivity contribution in [2.24, 2.45) is 0 Å². The number of nitrogens with zero attached hydrogens (tertiary/aromatic N) is 2. The summed E-state index contributed by atoms with van der Waals surface area (Å²) < 4.78 is 0.